The van der Waals surface area contributed by atoms with Gasteiger partial charge in [-0.15, -0.1) is 0 Å². The molecule has 0 aromatic heterocycles. The van der Waals surface area contributed by atoms with E-state index in [0.29, 0.717) is 0 Å². The van der Waals surface area contributed by atoms with Gasteiger partial charge < -0.3 is 0 Å². The van der Waals surface area contributed by atoms with Crippen LogP contribution in [0.5, 0.6) is 0 Å². The average molecular weight is 314 g/mol. The van der Waals surface area contributed by atoms with E-state index in [2.05, 4.69) is 0 Å². The molecule has 7 heteroatoms. The molecule has 0 N–H and O–H groups in total. The first-order chi connectivity index (χ1) is 2.45. The summed E-state index contributed by atoms with van der Waals surface area (Å²) in [4.78, 5) is 0. The van der Waals surface area contributed by atoms with Crippen molar-refractivity contribution in [2.24, 2.45) is 0 Å². The van der Waals surface area contributed by atoms with Gasteiger partial charge in [-0.25, -0.2) is 0 Å². The minimum atomic E-state index is -5.22. The second-order valence-electron chi connectivity index (χ2n) is 0.758. The van der Waals surface area contributed by atoms with E-state index in [1.807, 2.05) is 0 Å². The topological polar surface area (TPSA) is 0 Å². The van der Waals surface area contributed by atoms with E-state index in [1.54, 1.807) is 0 Å². The number of rotatable bonds is 0. The van der Waals surface area contributed by atoms with Crippen molar-refractivity contribution >= 4 is 58.1 Å². The molecule has 0 aliphatic rings. The molecule has 0 atom stereocenters. The van der Waals surface area contributed by atoms with Crippen LogP contribution in [0.3, 0.4) is 0 Å². The third kappa shape index (κ3) is 60.6. The summed E-state index contributed by atoms with van der Waals surface area (Å²) in [5.74, 6) is 0. The SMILES string of the molecule is [Cl][Ru-]([Cl])([Cl])([Cl])([Cl])[Cl]. The fourth-order valence-electron chi connectivity index (χ4n) is 0. The zero-order valence-corrected chi connectivity index (χ0v) is 8.90. The van der Waals surface area contributed by atoms with Gasteiger partial charge in [0, 0.05) is 0 Å². The summed E-state index contributed by atoms with van der Waals surface area (Å²) in [6.45, 7) is -5.22. The Labute approximate surface area is 63.9 Å². The normalized spacial score (nSPS) is 23.1. The molecule has 0 heterocycles. The molecular formula is Cl6Ru-. The van der Waals surface area contributed by atoms with Crippen LogP contribution in [0.4, 0.5) is 0 Å². The Kier molecular flexibility index (Phi) is 2.01. The average Bonchev–Trinajstić information content (AvgIpc) is 0.592. The van der Waals surface area contributed by atoms with Crippen molar-refractivity contribution in [3.63, 3.8) is 0 Å². The van der Waals surface area contributed by atoms with Crippen LogP contribution in [-0.2, 0) is 6.48 Å². The molecular weight excluding hydrogens is 314 g/mol. The first-order valence-electron chi connectivity index (χ1n) is 0.802. The summed E-state index contributed by atoms with van der Waals surface area (Å²) >= 11 is 0. The Balaban J connectivity index is 4.43. The summed E-state index contributed by atoms with van der Waals surface area (Å²) in [7, 11) is 30.3. The second kappa shape index (κ2) is 1.50. The molecule has 0 radical (unpaired) electrons. The minimum absolute atomic E-state index is 5.04. The monoisotopic (exact) mass is 312 g/mol. The Morgan fingerprint density at radius 3 is 0.571 bits per heavy atom. The molecule has 0 aromatic rings. The predicted molar refractivity (Wildman–Crippen MR) is 35.1 cm³/mol. The van der Waals surface area contributed by atoms with Gasteiger partial charge in [-0.2, -0.15) is 0 Å². The molecule has 0 unspecified atom stereocenters. The molecule has 51 valence electrons. The maximum atomic E-state index is 5.04. The molecule has 0 fully saturated rings. The van der Waals surface area contributed by atoms with E-state index >= 15 is 0 Å². The van der Waals surface area contributed by atoms with Crippen LogP contribution in [-0.4, -0.2) is 0 Å². The molecule has 0 nitrogen and oxygen atoms in total. The molecule has 0 saturated carbocycles. The van der Waals surface area contributed by atoms with E-state index in [4.69, 9.17) is 58.1 Å². The van der Waals surface area contributed by atoms with Gasteiger partial charge in [0.25, 0.3) is 0 Å². The first kappa shape index (κ1) is 9.36. The van der Waals surface area contributed by atoms with Crippen molar-refractivity contribution in [2.45, 2.75) is 0 Å². The molecule has 7 heavy (non-hydrogen) atoms. The predicted octanol–water partition coefficient (Wildman–Crippen LogP) is 4.13. The zero-order valence-electron chi connectivity index (χ0n) is 2.62. The van der Waals surface area contributed by atoms with Crippen molar-refractivity contribution in [3.8, 4) is 0 Å². The molecule has 0 bridgehead atoms. The van der Waals surface area contributed by atoms with E-state index in [-0.39, 0.29) is 0 Å². The number of hydrogen-bond donors (Lipinski definition) is 0. The van der Waals surface area contributed by atoms with E-state index < -0.39 is 6.48 Å². The second-order valence-corrected chi connectivity index (χ2v) is 40.3. The summed E-state index contributed by atoms with van der Waals surface area (Å²) in [5.41, 5.74) is 0. The molecule has 0 spiro atoms. The number of halogens is 6. The summed E-state index contributed by atoms with van der Waals surface area (Å²) in [5, 5.41) is 0. The van der Waals surface area contributed by atoms with Gasteiger partial charge >= 0.3 is 64.6 Å². The van der Waals surface area contributed by atoms with Gasteiger partial charge in [0.15, 0.2) is 0 Å². The Morgan fingerprint density at radius 1 is 0.571 bits per heavy atom. The van der Waals surface area contributed by atoms with Gasteiger partial charge in [0.05, 0.1) is 0 Å². The van der Waals surface area contributed by atoms with Crippen LogP contribution in [0.25, 0.3) is 0 Å². The standard InChI is InChI=1S/6ClH.Ru/h6*1H;/q;;;;;;+5/p-6. The van der Waals surface area contributed by atoms with Gasteiger partial charge in [0.2, 0.25) is 0 Å². The van der Waals surface area contributed by atoms with E-state index in [0.717, 1.165) is 0 Å². The Bertz CT molecular complexity index is 62.7. The quantitative estimate of drug-likeness (QED) is 0.590. The van der Waals surface area contributed by atoms with Crippen molar-refractivity contribution < 1.29 is 6.48 Å². The fraction of sp³-hybridized carbons (Fsp3) is 0. The van der Waals surface area contributed by atoms with Crippen LogP contribution in [0.15, 0.2) is 0 Å². The van der Waals surface area contributed by atoms with Crippen molar-refractivity contribution in [1.82, 2.24) is 0 Å². The maximum absolute atomic E-state index is 5.22. The third-order valence-corrected chi connectivity index (χ3v) is 0. The number of hydrogen-bond acceptors (Lipinski definition) is 0. The molecule has 0 saturated heterocycles. The van der Waals surface area contributed by atoms with Crippen molar-refractivity contribution in [1.29, 1.82) is 0 Å². The van der Waals surface area contributed by atoms with Crippen molar-refractivity contribution in [3.05, 3.63) is 0 Å². The van der Waals surface area contributed by atoms with Gasteiger partial charge in [0.1, 0.15) is 0 Å². The van der Waals surface area contributed by atoms with Crippen LogP contribution in [0.2, 0.25) is 0 Å². The molecule has 0 rings (SSSR count). The Morgan fingerprint density at radius 2 is 0.571 bits per heavy atom. The fourth-order valence-corrected chi connectivity index (χ4v) is 0. The molecule has 0 amide bonds. The van der Waals surface area contributed by atoms with Gasteiger partial charge in [-0.3, -0.25) is 0 Å². The Hall–Kier alpha value is 2.36. The third-order valence-electron chi connectivity index (χ3n) is 0. The zero-order chi connectivity index (χ0) is 6.41. The van der Waals surface area contributed by atoms with Crippen LogP contribution >= 0.6 is 58.1 Å². The summed E-state index contributed by atoms with van der Waals surface area (Å²) in [6, 6.07) is 0. The van der Waals surface area contributed by atoms with Crippen LogP contribution in [0.1, 0.15) is 0 Å². The van der Waals surface area contributed by atoms with Crippen molar-refractivity contribution in [2.75, 3.05) is 0 Å². The molecule has 0 aliphatic carbocycles. The van der Waals surface area contributed by atoms with E-state index in [9.17, 15) is 0 Å². The van der Waals surface area contributed by atoms with Crippen LogP contribution in [0, 0.1) is 0 Å². The van der Waals surface area contributed by atoms with Crippen LogP contribution < -0.4 is 0 Å². The first-order valence-corrected chi connectivity index (χ1v) is 14.2. The molecule has 0 aliphatic heterocycles. The summed E-state index contributed by atoms with van der Waals surface area (Å²) in [6.07, 6.45) is 0. The van der Waals surface area contributed by atoms with Gasteiger partial charge in [-0.1, -0.05) is 0 Å². The van der Waals surface area contributed by atoms with Gasteiger partial charge in [-0.05, 0) is 0 Å². The molecule has 0 aromatic carbocycles. The van der Waals surface area contributed by atoms with E-state index in [1.165, 1.54) is 0 Å². The summed E-state index contributed by atoms with van der Waals surface area (Å²) < 4.78 is 0.